The van der Waals surface area contributed by atoms with Crippen molar-refractivity contribution in [3.8, 4) is 0 Å². The van der Waals surface area contributed by atoms with Gasteiger partial charge in [0.2, 0.25) is 0 Å². The summed E-state index contributed by atoms with van der Waals surface area (Å²) in [5.41, 5.74) is 6.98. The van der Waals surface area contributed by atoms with Crippen LogP contribution in [0.1, 0.15) is 18.4 Å². The van der Waals surface area contributed by atoms with Crippen LogP contribution in [0.4, 0.5) is 0 Å². The van der Waals surface area contributed by atoms with E-state index in [9.17, 15) is 0 Å². The van der Waals surface area contributed by atoms with Crippen LogP contribution in [0.25, 0.3) is 0 Å². The molecule has 0 saturated carbocycles. The molecule has 1 heterocycles. The van der Waals surface area contributed by atoms with Crippen molar-refractivity contribution in [2.45, 2.75) is 25.4 Å². The molecule has 14 heavy (non-hydrogen) atoms. The molecular weight excluding hydrogens is 172 g/mol. The fourth-order valence-electron chi connectivity index (χ4n) is 2.04. The highest BCUT2D eigenvalue weighted by atomic mass is 15.2. The average molecular weight is 190 g/mol. The van der Waals surface area contributed by atoms with Gasteiger partial charge in [-0.25, -0.2) is 0 Å². The molecule has 0 unspecified atom stereocenters. The van der Waals surface area contributed by atoms with Gasteiger partial charge in [0.1, 0.15) is 0 Å². The second kappa shape index (κ2) is 4.58. The minimum atomic E-state index is 0.736. The third-order valence-corrected chi connectivity index (χ3v) is 2.99. The summed E-state index contributed by atoms with van der Waals surface area (Å²) < 4.78 is 0. The van der Waals surface area contributed by atoms with Crippen LogP contribution < -0.4 is 5.73 Å². The number of nitrogens with zero attached hydrogens (tertiary/aromatic N) is 1. The predicted octanol–water partition coefficient (Wildman–Crippen LogP) is 1.61. The SMILES string of the molecule is NCC[C@H]1CCN1Cc1ccccc1. The number of likely N-dealkylation sites (tertiary alicyclic amines) is 1. The minimum absolute atomic E-state index is 0.736. The van der Waals surface area contributed by atoms with E-state index in [2.05, 4.69) is 35.2 Å². The van der Waals surface area contributed by atoms with E-state index in [1.807, 2.05) is 0 Å². The molecular formula is C12H18N2. The largest absolute Gasteiger partial charge is 0.330 e. The van der Waals surface area contributed by atoms with Gasteiger partial charge in [0.05, 0.1) is 0 Å². The highest BCUT2D eigenvalue weighted by Crippen LogP contribution is 2.22. The summed E-state index contributed by atoms with van der Waals surface area (Å²) in [5, 5.41) is 0. The summed E-state index contributed by atoms with van der Waals surface area (Å²) in [5.74, 6) is 0. The van der Waals surface area contributed by atoms with Gasteiger partial charge >= 0.3 is 0 Å². The molecule has 1 aliphatic heterocycles. The second-order valence-corrected chi connectivity index (χ2v) is 3.98. The lowest BCUT2D eigenvalue weighted by Crippen LogP contribution is -2.47. The fraction of sp³-hybridized carbons (Fsp3) is 0.500. The number of nitrogens with two attached hydrogens (primary N) is 1. The molecule has 1 fully saturated rings. The lowest BCUT2D eigenvalue weighted by Gasteiger charge is -2.41. The van der Waals surface area contributed by atoms with Crippen molar-refractivity contribution in [3.63, 3.8) is 0 Å². The molecule has 76 valence electrons. The Morgan fingerprint density at radius 3 is 2.64 bits per heavy atom. The van der Waals surface area contributed by atoms with E-state index < -0.39 is 0 Å². The molecule has 2 rings (SSSR count). The molecule has 1 saturated heterocycles. The summed E-state index contributed by atoms with van der Waals surface area (Å²) in [7, 11) is 0. The van der Waals surface area contributed by atoms with Crippen molar-refractivity contribution in [2.24, 2.45) is 5.73 Å². The Bertz CT molecular complexity index is 271. The maximum atomic E-state index is 5.57. The molecule has 0 spiro atoms. The zero-order valence-electron chi connectivity index (χ0n) is 8.52. The summed E-state index contributed by atoms with van der Waals surface area (Å²) in [4.78, 5) is 2.52. The number of benzene rings is 1. The van der Waals surface area contributed by atoms with Crippen LogP contribution >= 0.6 is 0 Å². The fourth-order valence-corrected chi connectivity index (χ4v) is 2.04. The maximum Gasteiger partial charge on any atom is 0.0236 e. The molecule has 0 aliphatic carbocycles. The molecule has 0 radical (unpaired) electrons. The molecule has 2 nitrogen and oxygen atoms in total. The van der Waals surface area contributed by atoms with Gasteiger partial charge in [-0.05, 0) is 24.9 Å². The van der Waals surface area contributed by atoms with E-state index in [-0.39, 0.29) is 0 Å². The van der Waals surface area contributed by atoms with Crippen molar-refractivity contribution in [2.75, 3.05) is 13.1 Å². The Morgan fingerprint density at radius 1 is 1.29 bits per heavy atom. The molecule has 0 amide bonds. The monoisotopic (exact) mass is 190 g/mol. The van der Waals surface area contributed by atoms with Crippen LogP contribution in [0.5, 0.6) is 0 Å². The minimum Gasteiger partial charge on any atom is -0.330 e. The van der Waals surface area contributed by atoms with Gasteiger partial charge in [-0.2, -0.15) is 0 Å². The Labute approximate surface area is 85.7 Å². The van der Waals surface area contributed by atoms with Gasteiger partial charge in [0.15, 0.2) is 0 Å². The highest BCUT2D eigenvalue weighted by Gasteiger charge is 2.26. The van der Waals surface area contributed by atoms with E-state index >= 15 is 0 Å². The quantitative estimate of drug-likeness (QED) is 0.781. The lowest BCUT2D eigenvalue weighted by molar-refractivity contribution is 0.0772. The Balaban J connectivity index is 1.86. The first-order valence-corrected chi connectivity index (χ1v) is 5.38. The molecule has 0 aromatic heterocycles. The molecule has 1 aliphatic rings. The smallest absolute Gasteiger partial charge is 0.0236 e. The van der Waals surface area contributed by atoms with Crippen molar-refractivity contribution < 1.29 is 0 Å². The topological polar surface area (TPSA) is 29.3 Å². The van der Waals surface area contributed by atoms with Gasteiger partial charge in [-0.15, -0.1) is 0 Å². The molecule has 2 N–H and O–H groups in total. The summed E-state index contributed by atoms with van der Waals surface area (Å²) in [6, 6.07) is 11.4. The van der Waals surface area contributed by atoms with Gasteiger partial charge in [0.25, 0.3) is 0 Å². The molecule has 1 atom stereocenters. The average Bonchev–Trinajstić information content (AvgIpc) is 2.23. The Kier molecular flexibility index (Phi) is 3.17. The van der Waals surface area contributed by atoms with Crippen molar-refractivity contribution in [1.29, 1.82) is 0 Å². The first kappa shape index (κ1) is 9.69. The summed E-state index contributed by atoms with van der Waals surface area (Å²) in [6.45, 7) is 3.14. The highest BCUT2D eigenvalue weighted by molar-refractivity contribution is 5.15. The van der Waals surface area contributed by atoms with Crippen molar-refractivity contribution in [3.05, 3.63) is 35.9 Å². The van der Waals surface area contributed by atoms with Crippen LogP contribution in [-0.4, -0.2) is 24.0 Å². The second-order valence-electron chi connectivity index (χ2n) is 3.98. The van der Waals surface area contributed by atoms with E-state index in [1.54, 1.807) is 0 Å². The third kappa shape index (κ3) is 2.14. The molecule has 2 heteroatoms. The van der Waals surface area contributed by atoms with E-state index in [0.29, 0.717) is 0 Å². The van der Waals surface area contributed by atoms with Gasteiger partial charge in [-0.3, -0.25) is 4.90 Å². The van der Waals surface area contributed by atoms with Crippen LogP contribution in [-0.2, 0) is 6.54 Å². The number of hydrogen-bond acceptors (Lipinski definition) is 2. The zero-order chi connectivity index (χ0) is 9.80. The molecule has 1 aromatic carbocycles. The summed E-state index contributed by atoms with van der Waals surface area (Å²) >= 11 is 0. The first-order valence-electron chi connectivity index (χ1n) is 5.38. The van der Waals surface area contributed by atoms with E-state index in [1.165, 1.54) is 18.5 Å². The van der Waals surface area contributed by atoms with Crippen LogP contribution in [0.15, 0.2) is 30.3 Å². The standard InChI is InChI=1S/C12H18N2/c13-8-6-12-7-9-14(12)10-11-4-2-1-3-5-11/h1-5,12H,6-10,13H2/t12-/m0/s1. The van der Waals surface area contributed by atoms with E-state index in [4.69, 9.17) is 5.73 Å². The van der Waals surface area contributed by atoms with Crippen LogP contribution in [0, 0.1) is 0 Å². The van der Waals surface area contributed by atoms with Gasteiger partial charge in [-0.1, -0.05) is 30.3 Å². The normalized spacial score (nSPS) is 21.9. The van der Waals surface area contributed by atoms with Gasteiger partial charge in [0, 0.05) is 19.1 Å². The third-order valence-electron chi connectivity index (χ3n) is 2.99. The number of rotatable bonds is 4. The van der Waals surface area contributed by atoms with Gasteiger partial charge < -0.3 is 5.73 Å². The Hall–Kier alpha value is -0.860. The Morgan fingerprint density at radius 2 is 2.07 bits per heavy atom. The van der Waals surface area contributed by atoms with E-state index in [0.717, 1.165) is 25.6 Å². The van der Waals surface area contributed by atoms with Crippen LogP contribution in [0.2, 0.25) is 0 Å². The van der Waals surface area contributed by atoms with Crippen LogP contribution in [0.3, 0.4) is 0 Å². The van der Waals surface area contributed by atoms with Crippen molar-refractivity contribution in [1.82, 2.24) is 4.90 Å². The maximum absolute atomic E-state index is 5.57. The number of hydrogen-bond donors (Lipinski definition) is 1. The molecule has 0 bridgehead atoms. The van der Waals surface area contributed by atoms with Crippen molar-refractivity contribution >= 4 is 0 Å². The predicted molar refractivity (Wildman–Crippen MR) is 58.9 cm³/mol. The zero-order valence-corrected chi connectivity index (χ0v) is 8.52. The first-order chi connectivity index (χ1) is 6.90. The lowest BCUT2D eigenvalue weighted by atomic mass is 9.98. The summed E-state index contributed by atoms with van der Waals surface area (Å²) in [6.07, 6.45) is 2.47. The molecule has 1 aromatic rings.